The summed E-state index contributed by atoms with van der Waals surface area (Å²) in [7, 11) is 0. The minimum absolute atomic E-state index is 1.22. The van der Waals surface area contributed by atoms with E-state index in [1.807, 2.05) is 0 Å². The lowest BCUT2D eigenvalue weighted by molar-refractivity contribution is 0.200. The van der Waals surface area contributed by atoms with Crippen LogP contribution in [0, 0.1) is 0 Å². The number of nitrogens with zero attached hydrogens (tertiary/aromatic N) is 2. The van der Waals surface area contributed by atoms with E-state index < -0.39 is 0 Å². The quantitative estimate of drug-likeness (QED) is 0.0859. The number of likely N-dealkylation sites (N-methyl/N-ethyl adjacent to an activating group) is 1. The van der Waals surface area contributed by atoms with Gasteiger partial charge in [0.05, 0.1) is 0 Å². The van der Waals surface area contributed by atoms with Gasteiger partial charge in [0, 0.05) is 13.1 Å². The molecule has 36 heavy (non-hydrogen) atoms. The summed E-state index contributed by atoms with van der Waals surface area (Å²) in [6, 6.07) is 0. The Bertz CT molecular complexity index is 365. The van der Waals surface area contributed by atoms with Crippen LogP contribution >= 0.6 is 0 Å². The zero-order valence-electron chi connectivity index (χ0n) is 26.1. The van der Waals surface area contributed by atoms with Gasteiger partial charge < -0.3 is 9.80 Å². The largest absolute Gasteiger partial charge is 0.302 e. The summed E-state index contributed by atoms with van der Waals surface area (Å²) < 4.78 is 0. The second kappa shape index (κ2) is 31.1. The number of hydrogen-bond acceptors (Lipinski definition) is 2. The first kappa shape index (κ1) is 35.9. The Kier molecular flexibility index (Phi) is 31.1. The van der Waals surface area contributed by atoms with Crippen molar-refractivity contribution in [2.75, 3.05) is 39.3 Å². The Morgan fingerprint density at radius 3 is 0.806 bits per heavy atom. The fourth-order valence-electron chi connectivity index (χ4n) is 5.45. The van der Waals surface area contributed by atoms with E-state index in [1.165, 1.54) is 193 Å². The summed E-state index contributed by atoms with van der Waals surface area (Å²) in [5.41, 5.74) is 0. The molecular weight excluding hydrogens is 436 g/mol. The molecule has 0 aromatic carbocycles. The molecule has 0 N–H and O–H groups in total. The Labute approximate surface area is 230 Å². The third-order valence-electron chi connectivity index (χ3n) is 8.16. The average Bonchev–Trinajstić information content (AvgIpc) is 2.89. The second-order valence-corrected chi connectivity index (χ2v) is 11.7. The standard InChI is InChI=1S/C34H72N2/c1-5-9-12-15-18-19-20-23-24-27-30-35(8-4)33-34-36(31-28-25-21-16-13-10-6-2)32-29-26-22-17-14-11-7-3/h5-34H2,1-4H3. The Balaban J connectivity index is 4.06. The van der Waals surface area contributed by atoms with Gasteiger partial charge in [0.25, 0.3) is 0 Å². The molecule has 0 atom stereocenters. The molecule has 0 aromatic rings. The molecule has 0 saturated heterocycles. The molecule has 0 unspecified atom stereocenters. The van der Waals surface area contributed by atoms with E-state index in [2.05, 4.69) is 37.5 Å². The Morgan fingerprint density at radius 2 is 0.500 bits per heavy atom. The van der Waals surface area contributed by atoms with Crippen molar-refractivity contribution >= 4 is 0 Å². The van der Waals surface area contributed by atoms with E-state index in [-0.39, 0.29) is 0 Å². The summed E-state index contributed by atoms with van der Waals surface area (Å²) in [6.45, 7) is 17.1. The maximum Gasteiger partial charge on any atom is 0.0109 e. The van der Waals surface area contributed by atoms with Crippen molar-refractivity contribution in [1.29, 1.82) is 0 Å². The van der Waals surface area contributed by atoms with Crippen molar-refractivity contribution in [2.45, 2.75) is 182 Å². The van der Waals surface area contributed by atoms with Crippen LogP contribution in [0.5, 0.6) is 0 Å². The van der Waals surface area contributed by atoms with E-state index in [9.17, 15) is 0 Å². The van der Waals surface area contributed by atoms with Crippen LogP contribution in [0.4, 0.5) is 0 Å². The molecule has 2 nitrogen and oxygen atoms in total. The maximum absolute atomic E-state index is 2.82. The highest BCUT2D eigenvalue weighted by atomic mass is 15.2. The van der Waals surface area contributed by atoms with Gasteiger partial charge in [-0.15, -0.1) is 0 Å². The molecule has 0 rings (SSSR count). The van der Waals surface area contributed by atoms with Crippen molar-refractivity contribution in [3.05, 3.63) is 0 Å². The first-order chi connectivity index (χ1) is 17.8. The molecule has 2 heteroatoms. The molecule has 0 aliphatic carbocycles. The Morgan fingerprint density at radius 1 is 0.250 bits per heavy atom. The van der Waals surface area contributed by atoms with Crippen LogP contribution in [0.1, 0.15) is 182 Å². The first-order valence-electron chi connectivity index (χ1n) is 17.2. The molecule has 0 heterocycles. The monoisotopic (exact) mass is 509 g/mol. The minimum atomic E-state index is 1.22. The van der Waals surface area contributed by atoms with Gasteiger partial charge in [-0.3, -0.25) is 0 Å². The first-order valence-corrected chi connectivity index (χ1v) is 17.2. The lowest BCUT2D eigenvalue weighted by Crippen LogP contribution is -2.36. The zero-order valence-corrected chi connectivity index (χ0v) is 26.1. The van der Waals surface area contributed by atoms with Gasteiger partial charge >= 0.3 is 0 Å². The average molecular weight is 509 g/mol. The molecule has 0 saturated carbocycles. The predicted octanol–water partition coefficient (Wildman–Crippen LogP) is 11.0. The van der Waals surface area contributed by atoms with Crippen molar-refractivity contribution in [1.82, 2.24) is 9.80 Å². The minimum Gasteiger partial charge on any atom is -0.302 e. The Hall–Kier alpha value is -0.0800. The third-order valence-corrected chi connectivity index (χ3v) is 8.16. The third kappa shape index (κ3) is 27.0. The smallest absolute Gasteiger partial charge is 0.0109 e. The summed E-state index contributed by atoms with van der Waals surface area (Å²) in [5.74, 6) is 0. The van der Waals surface area contributed by atoms with Crippen molar-refractivity contribution in [3.8, 4) is 0 Å². The van der Waals surface area contributed by atoms with E-state index in [1.54, 1.807) is 0 Å². The molecule has 0 aromatic heterocycles. The van der Waals surface area contributed by atoms with Crippen LogP contribution in [-0.2, 0) is 0 Å². The van der Waals surface area contributed by atoms with Gasteiger partial charge in [0.15, 0.2) is 0 Å². The van der Waals surface area contributed by atoms with Crippen LogP contribution in [0.15, 0.2) is 0 Å². The molecule has 0 bridgehead atoms. The predicted molar refractivity (Wildman–Crippen MR) is 166 cm³/mol. The highest BCUT2D eigenvalue weighted by molar-refractivity contribution is 4.64. The van der Waals surface area contributed by atoms with Crippen LogP contribution in [0.2, 0.25) is 0 Å². The summed E-state index contributed by atoms with van der Waals surface area (Å²) in [4.78, 5) is 5.55. The van der Waals surface area contributed by atoms with Gasteiger partial charge in [-0.1, -0.05) is 163 Å². The SMILES string of the molecule is CCCCCCCCCCCCN(CC)CCN(CCCCCCCCC)CCCCCCCCC. The van der Waals surface area contributed by atoms with Gasteiger partial charge in [0.1, 0.15) is 0 Å². The van der Waals surface area contributed by atoms with E-state index in [0.29, 0.717) is 0 Å². The molecule has 0 amide bonds. The summed E-state index contributed by atoms with van der Waals surface area (Å²) in [6.07, 6.45) is 34.4. The highest BCUT2D eigenvalue weighted by Gasteiger charge is 2.08. The molecule has 218 valence electrons. The molecule has 0 spiro atoms. The lowest BCUT2D eigenvalue weighted by atomic mass is 10.1. The topological polar surface area (TPSA) is 6.48 Å². The van der Waals surface area contributed by atoms with E-state index in [4.69, 9.17) is 0 Å². The number of hydrogen-bond donors (Lipinski definition) is 0. The van der Waals surface area contributed by atoms with Crippen molar-refractivity contribution in [3.63, 3.8) is 0 Å². The van der Waals surface area contributed by atoms with Crippen LogP contribution in [0.3, 0.4) is 0 Å². The highest BCUT2D eigenvalue weighted by Crippen LogP contribution is 2.12. The maximum atomic E-state index is 2.82. The summed E-state index contributed by atoms with van der Waals surface area (Å²) in [5, 5.41) is 0. The van der Waals surface area contributed by atoms with Crippen LogP contribution < -0.4 is 0 Å². The van der Waals surface area contributed by atoms with E-state index >= 15 is 0 Å². The van der Waals surface area contributed by atoms with Gasteiger partial charge in [-0.2, -0.15) is 0 Å². The number of unbranched alkanes of at least 4 members (excludes halogenated alkanes) is 21. The van der Waals surface area contributed by atoms with Crippen molar-refractivity contribution in [2.24, 2.45) is 0 Å². The molecule has 0 radical (unpaired) electrons. The second-order valence-electron chi connectivity index (χ2n) is 11.7. The summed E-state index contributed by atoms with van der Waals surface area (Å²) >= 11 is 0. The van der Waals surface area contributed by atoms with Gasteiger partial charge in [-0.05, 0) is 45.4 Å². The van der Waals surface area contributed by atoms with Crippen LogP contribution in [-0.4, -0.2) is 49.1 Å². The molecule has 0 aliphatic heterocycles. The number of rotatable bonds is 31. The molecule has 0 fully saturated rings. The lowest BCUT2D eigenvalue weighted by Gasteiger charge is -2.27. The fraction of sp³-hybridized carbons (Fsp3) is 1.00. The van der Waals surface area contributed by atoms with Gasteiger partial charge in [-0.25, -0.2) is 0 Å². The zero-order chi connectivity index (χ0) is 26.4. The fourth-order valence-corrected chi connectivity index (χ4v) is 5.45. The van der Waals surface area contributed by atoms with Gasteiger partial charge in [0.2, 0.25) is 0 Å². The van der Waals surface area contributed by atoms with E-state index in [0.717, 1.165) is 0 Å². The normalized spacial score (nSPS) is 11.8. The van der Waals surface area contributed by atoms with Crippen molar-refractivity contribution < 1.29 is 0 Å². The molecule has 0 aliphatic rings. The molecular formula is C34H72N2. The van der Waals surface area contributed by atoms with Crippen LogP contribution in [0.25, 0.3) is 0 Å².